The smallest absolute Gasteiger partial charge is 0.335 e. The van der Waals surface area contributed by atoms with E-state index in [2.05, 4.69) is 4.98 Å². The Morgan fingerprint density at radius 2 is 2.47 bits per heavy atom. The minimum absolute atomic E-state index is 0.261. The van der Waals surface area contributed by atoms with E-state index in [-0.39, 0.29) is 5.56 Å². The van der Waals surface area contributed by atoms with Gasteiger partial charge in [-0.15, -0.1) is 0 Å². The molecule has 3 rings (SSSR count). The molecule has 5 nitrogen and oxygen atoms in total. The highest BCUT2D eigenvalue weighted by molar-refractivity contribution is 5.88. The molecule has 1 aliphatic rings. The number of hydrogen-bond donors (Lipinski definition) is 1. The van der Waals surface area contributed by atoms with Crippen LogP contribution in [0.4, 0.5) is 0 Å². The van der Waals surface area contributed by atoms with Crippen molar-refractivity contribution in [1.29, 1.82) is 0 Å². The van der Waals surface area contributed by atoms with Crippen LogP contribution in [0, 0.1) is 0 Å². The van der Waals surface area contributed by atoms with E-state index in [4.69, 9.17) is 9.84 Å². The van der Waals surface area contributed by atoms with Gasteiger partial charge >= 0.3 is 5.97 Å². The SMILES string of the molecule is O=C(O)c1ccn2cc(C3CCOC3)nc2c1. The Kier molecular flexibility index (Phi) is 2.33. The van der Waals surface area contributed by atoms with Crippen molar-refractivity contribution in [1.82, 2.24) is 9.38 Å². The zero-order valence-electron chi connectivity index (χ0n) is 9.17. The number of carboxylic acid groups (broad SMARTS) is 1. The summed E-state index contributed by atoms with van der Waals surface area (Å²) in [5.74, 6) is -0.593. The lowest BCUT2D eigenvalue weighted by Gasteiger charge is -2.00. The van der Waals surface area contributed by atoms with Gasteiger partial charge in [-0.2, -0.15) is 0 Å². The van der Waals surface area contributed by atoms with E-state index in [1.807, 2.05) is 10.6 Å². The van der Waals surface area contributed by atoms with Gasteiger partial charge in [0.2, 0.25) is 0 Å². The van der Waals surface area contributed by atoms with Crippen molar-refractivity contribution in [2.75, 3.05) is 13.2 Å². The maximum absolute atomic E-state index is 10.9. The van der Waals surface area contributed by atoms with Crippen molar-refractivity contribution in [2.24, 2.45) is 0 Å². The summed E-state index contributed by atoms with van der Waals surface area (Å²) in [5.41, 5.74) is 1.91. The molecule has 0 aliphatic carbocycles. The first-order chi connectivity index (χ1) is 8.24. The van der Waals surface area contributed by atoms with Crippen LogP contribution < -0.4 is 0 Å². The number of carboxylic acids is 1. The molecule has 0 radical (unpaired) electrons. The Labute approximate surface area is 97.7 Å². The van der Waals surface area contributed by atoms with Crippen molar-refractivity contribution in [3.63, 3.8) is 0 Å². The van der Waals surface area contributed by atoms with Gasteiger partial charge in [-0.1, -0.05) is 0 Å². The standard InChI is InChI=1S/C12H12N2O3/c15-12(16)8-1-3-14-6-10(13-11(14)5-8)9-2-4-17-7-9/h1,3,5-6,9H,2,4,7H2,(H,15,16). The number of ether oxygens (including phenoxy) is 1. The molecule has 0 amide bonds. The van der Waals surface area contributed by atoms with Gasteiger partial charge in [0.25, 0.3) is 0 Å². The first-order valence-corrected chi connectivity index (χ1v) is 5.54. The van der Waals surface area contributed by atoms with Gasteiger partial charge in [-0.3, -0.25) is 0 Å². The maximum atomic E-state index is 10.9. The lowest BCUT2D eigenvalue weighted by Crippen LogP contribution is -1.97. The molecule has 0 spiro atoms. The normalized spacial score (nSPS) is 19.9. The summed E-state index contributed by atoms with van der Waals surface area (Å²) in [6.07, 6.45) is 4.65. The zero-order valence-corrected chi connectivity index (χ0v) is 9.17. The maximum Gasteiger partial charge on any atom is 0.335 e. The molecular formula is C12H12N2O3. The highest BCUT2D eigenvalue weighted by Crippen LogP contribution is 2.24. The van der Waals surface area contributed by atoms with Crippen LogP contribution in [-0.2, 0) is 4.74 Å². The minimum atomic E-state index is -0.929. The van der Waals surface area contributed by atoms with Gasteiger partial charge in [-0.25, -0.2) is 9.78 Å². The third-order valence-electron chi connectivity index (χ3n) is 3.07. The molecule has 2 aromatic heterocycles. The Morgan fingerprint density at radius 3 is 3.18 bits per heavy atom. The van der Waals surface area contributed by atoms with Crippen LogP contribution >= 0.6 is 0 Å². The minimum Gasteiger partial charge on any atom is -0.478 e. The second kappa shape index (κ2) is 3.85. The highest BCUT2D eigenvalue weighted by atomic mass is 16.5. The largest absolute Gasteiger partial charge is 0.478 e. The van der Waals surface area contributed by atoms with E-state index in [1.165, 1.54) is 0 Å². The van der Waals surface area contributed by atoms with Gasteiger partial charge < -0.3 is 14.2 Å². The molecule has 1 unspecified atom stereocenters. The van der Waals surface area contributed by atoms with E-state index < -0.39 is 5.97 Å². The number of rotatable bonds is 2. The van der Waals surface area contributed by atoms with Crippen molar-refractivity contribution < 1.29 is 14.6 Å². The average Bonchev–Trinajstić information content (AvgIpc) is 2.96. The fraction of sp³-hybridized carbons (Fsp3) is 0.333. The number of imidazole rings is 1. The second-order valence-electron chi connectivity index (χ2n) is 4.21. The predicted molar refractivity (Wildman–Crippen MR) is 60.3 cm³/mol. The third-order valence-corrected chi connectivity index (χ3v) is 3.07. The zero-order chi connectivity index (χ0) is 11.8. The monoisotopic (exact) mass is 232 g/mol. The summed E-state index contributed by atoms with van der Waals surface area (Å²) < 4.78 is 7.17. The van der Waals surface area contributed by atoms with Gasteiger partial charge in [0.05, 0.1) is 17.9 Å². The Morgan fingerprint density at radius 1 is 1.59 bits per heavy atom. The van der Waals surface area contributed by atoms with E-state index >= 15 is 0 Å². The Balaban J connectivity index is 2.03. The molecule has 1 N–H and O–H groups in total. The lowest BCUT2D eigenvalue weighted by atomic mass is 10.1. The molecule has 1 saturated heterocycles. The van der Waals surface area contributed by atoms with E-state index in [9.17, 15) is 4.79 Å². The number of hydrogen-bond acceptors (Lipinski definition) is 3. The summed E-state index contributed by atoms with van der Waals surface area (Å²) in [4.78, 5) is 15.3. The van der Waals surface area contributed by atoms with Crippen molar-refractivity contribution >= 4 is 11.6 Å². The molecule has 0 saturated carbocycles. The van der Waals surface area contributed by atoms with Crippen molar-refractivity contribution in [2.45, 2.75) is 12.3 Å². The van der Waals surface area contributed by atoms with Crippen LogP contribution in [0.5, 0.6) is 0 Å². The number of pyridine rings is 1. The summed E-state index contributed by atoms with van der Waals surface area (Å²) in [7, 11) is 0. The fourth-order valence-corrected chi connectivity index (χ4v) is 2.10. The quantitative estimate of drug-likeness (QED) is 0.853. The van der Waals surface area contributed by atoms with Gasteiger partial charge in [0, 0.05) is 24.9 Å². The van der Waals surface area contributed by atoms with Crippen LogP contribution in [0.15, 0.2) is 24.5 Å². The second-order valence-corrected chi connectivity index (χ2v) is 4.21. The molecule has 0 aromatic carbocycles. The van der Waals surface area contributed by atoms with Crippen LogP contribution in [0.25, 0.3) is 5.65 Å². The van der Waals surface area contributed by atoms with E-state index in [1.54, 1.807) is 18.3 Å². The first-order valence-electron chi connectivity index (χ1n) is 5.54. The summed E-state index contributed by atoms with van der Waals surface area (Å²) in [6, 6.07) is 3.16. The predicted octanol–water partition coefficient (Wildman–Crippen LogP) is 1.54. The molecule has 1 aliphatic heterocycles. The Bertz CT molecular complexity index is 570. The van der Waals surface area contributed by atoms with E-state index in [0.717, 1.165) is 18.7 Å². The summed E-state index contributed by atoms with van der Waals surface area (Å²) >= 11 is 0. The number of aromatic carboxylic acids is 1. The van der Waals surface area contributed by atoms with Crippen LogP contribution in [0.1, 0.15) is 28.4 Å². The highest BCUT2D eigenvalue weighted by Gasteiger charge is 2.20. The average molecular weight is 232 g/mol. The summed E-state index contributed by atoms with van der Waals surface area (Å²) in [6.45, 7) is 1.48. The van der Waals surface area contributed by atoms with Gasteiger partial charge in [0.15, 0.2) is 0 Å². The van der Waals surface area contributed by atoms with Gasteiger partial charge in [0.1, 0.15) is 5.65 Å². The Hall–Kier alpha value is -1.88. The topological polar surface area (TPSA) is 63.8 Å². The molecule has 1 atom stereocenters. The molecule has 88 valence electrons. The van der Waals surface area contributed by atoms with Crippen molar-refractivity contribution in [3.8, 4) is 0 Å². The molecule has 1 fully saturated rings. The van der Waals surface area contributed by atoms with Crippen LogP contribution in [0.3, 0.4) is 0 Å². The third kappa shape index (κ3) is 1.78. The van der Waals surface area contributed by atoms with Crippen LogP contribution in [0.2, 0.25) is 0 Å². The number of fused-ring (bicyclic) bond motifs is 1. The van der Waals surface area contributed by atoms with Crippen molar-refractivity contribution in [3.05, 3.63) is 35.8 Å². The lowest BCUT2D eigenvalue weighted by molar-refractivity contribution is 0.0697. The van der Waals surface area contributed by atoms with E-state index in [0.29, 0.717) is 18.2 Å². The molecular weight excluding hydrogens is 220 g/mol. The first kappa shape index (κ1) is 10.3. The number of carbonyl (C=O) groups is 1. The molecule has 5 heteroatoms. The van der Waals surface area contributed by atoms with Gasteiger partial charge in [-0.05, 0) is 18.6 Å². The summed E-state index contributed by atoms with van der Waals surface area (Å²) in [5, 5.41) is 8.91. The van der Waals surface area contributed by atoms with Crippen LogP contribution in [-0.4, -0.2) is 33.7 Å². The fourth-order valence-electron chi connectivity index (χ4n) is 2.10. The molecule has 2 aromatic rings. The molecule has 17 heavy (non-hydrogen) atoms. The molecule has 3 heterocycles. The number of aromatic nitrogens is 2. The number of nitrogens with zero attached hydrogens (tertiary/aromatic N) is 2. The molecule has 0 bridgehead atoms.